The van der Waals surface area contributed by atoms with Crippen LogP contribution in [0.3, 0.4) is 0 Å². The summed E-state index contributed by atoms with van der Waals surface area (Å²) in [5.74, 6) is -1.48. The first kappa shape index (κ1) is 44.0. The molecule has 0 aromatic carbocycles. The third-order valence-electron chi connectivity index (χ3n) is 7.63. The van der Waals surface area contributed by atoms with E-state index in [-0.39, 0.29) is 37.2 Å². The van der Waals surface area contributed by atoms with E-state index in [0.29, 0.717) is 12.8 Å². The van der Waals surface area contributed by atoms with E-state index in [1.165, 1.54) is 0 Å². The summed E-state index contributed by atoms with van der Waals surface area (Å²) in [7, 11) is 3.79. The zero-order valence-corrected chi connectivity index (χ0v) is 31.7. The smallest absolute Gasteiger partial charge is 0.309 e. The van der Waals surface area contributed by atoms with E-state index in [0.717, 1.165) is 57.1 Å². The molecule has 0 radical (unpaired) electrons. The van der Waals surface area contributed by atoms with Gasteiger partial charge >= 0.3 is 17.9 Å². The Morgan fingerprint density at radius 3 is 1.88 bits per heavy atom. The molecular formula is C39H59NO7S2. The molecule has 2 N–H and O–H groups in total. The Morgan fingerprint density at radius 2 is 1.37 bits per heavy atom. The molecule has 0 aliphatic carbocycles. The normalized spacial score (nSPS) is 17.7. The van der Waals surface area contributed by atoms with Crippen LogP contribution in [0.15, 0.2) is 72.9 Å². The number of allylic oxidation sites excluding steroid dienone is 11. The van der Waals surface area contributed by atoms with Gasteiger partial charge < -0.3 is 19.9 Å². The lowest BCUT2D eigenvalue weighted by atomic mass is 9.86. The first-order valence-corrected chi connectivity index (χ1v) is 19.9. The molecule has 1 fully saturated rings. The van der Waals surface area contributed by atoms with E-state index in [9.17, 15) is 19.2 Å². The SMILES string of the molecule is CC/C=C\C/C=C\C/C=C\C/C=C\C/C=C\C/C=C\CC(=O)OCC(C)(C)C(OC(=O)CCCC[C@]1(C)CCSS1)C(=O)NCCC(=O)O. The number of carboxylic acid groups (broad SMARTS) is 1. The van der Waals surface area contributed by atoms with Crippen LogP contribution in [0.25, 0.3) is 0 Å². The van der Waals surface area contributed by atoms with Crippen molar-refractivity contribution in [1.29, 1.82) is 0 Å². The van der Waals surface area contributed by atoms with Crippen molar-refractivity contribution in [1.82, 2.24) is 5.32 Å². The maximum absolute atomic E-state index is 13.0. The maximum Gasteiger partial charge on any atom is 0.309 e. The molecule has 274 valence electrons. The third kappa shape index (κ3) is 23.1. The minimum absolute atomic E-state index is 0.0752. The molecule has 0 aromatic rings. The Labute approximate surface area is 302 Å². The molecule has 1 aliphatic heterocycles. The molecule has 0 bridgehead atoms. The highest BCUT2D eigenvalue weighted by molar-refractivity contribution is 8.77. The van der Waals surface area contributed by atoms with Crippen LogP contribution in [0, 0.1) is 5.41 Å². The van der Waals surface area contributed by atoms with Crippen molar-refractivity contribution in [2.45, 2.75) is 122 Å². The largest absolute Gasteiger partial charge is 0.481 e. The van der Waals surface area contributed by atoms with Gasteiger partial charge in [0.1, 0.15) is 6.61 Å². The minimum Gasteiger partial charge on any atom is -0.481 e. The van der Waals surface area contributed by atoms with Gasteiger partial charge in [0.15, 0.2) is 6.10 Å². The van der Waals surface area contributed by atoms with Crippen LogP contribution in [-0.4, -0.2) is 58.7 Å². The summed E-state index contributed by atoms with van der Waals surface area (Å²) in [6.45, 7) is 7.50. The number of carbonyl (C=O) groups is 4. The number of hydrogen-bond donors (Lipinski definition) is 2. The lowest BCUT2D eigenvalue weighted by Gasteiger charge is -2.32. The number of unbranched alkanes of at least 4 members (excludes halogenated alkanes) is 1. The average Bonchev–Trinajstić information content (AvgIpc) is 3.50. The summed E-state index contributed by atoms with van der Waals surface area (Å²) in [6, 6.07) is 0. The van der Waals surface area contributed by atoms with Gasteiger partial charge in [0.2, 0.25) is 0 Å². The molecule has 1 heterocycles. The van der Waals surface area contributed by atoms with Gasteiger partial charge in [-0.25, -0.2) is 0 Å². The molecule has 1 unspecified atom stereocenters. The molecule has 10 heteroatoms. The van der Waals surface area contributed by atoms with Crippen LogP contribution in [0.4, 0.5) is 0 Å². The lowest BCUT2D eigenvalue weighted by Crippen LogP contribution is -2.49. The molecule has 1 saturated heterocycles. The zero-order chi connectivity index (χ0) is 36.2. The van der Waals surface area contributed by atoms with E-state index >= 15 is 0 Å². The number of carboxylic acids is 1. The molecule has 0 aromatic heterocycles. The first-order chi connectivity index (χ1) is 23.5. The molecular weight excluding hydrogens is 659 g/mol. The molecule has 2 atom stereocenters. The highest BCUT2D eigenvalue weighted by atomic mass is 33.1. The fourth-order valence-electron chi connectivity index (χ4n) is 4.66. The number of carbonyl (C=O) groups excluding carboxylic acids is 3. The number of ether oxygens (including phenoxy) is 2. The van der Waals surface area contributed by atoms with E-state index in [2.05, 4.69) is 73.8 Å². The Morgan fingerprint density at radius 1 is 0.816 bits per heavy atom. The topological polar surface area (TPSA) is 119 Å². The monoisotopic (exact) mass is 717 g/mol. The standard InChI is InChI=1S/C39H59NO7S2/c1-5-6-7-8-9-10-11-12-13-14-15-16-17-18-19-20-21-22-25-34(43)46-32-38(2,3)36(37(45)40-30-27-33(41)42)47-35(44)26-23-24-28-39(4)29-31-48-49-39/h6-7,9-10,12-13,15-16,18-19,21-22,36H,5,8,11,14,17,20,23-32H2,1-4H3,(H,40,45)(H,41,42)/b7-6-,10-9-,13-12-,16-15-,19-18-,22-21-/t36?,39-/m1/s1. The van der Waals surface area contributed by atoms with Gasteiger partial charge in [-0.15, -0.1) is 0 Å². The summed E-state index contributed by atoms with van der Waals surface area (Å²) in [5.41, 5.74) is -1.04. The summed E-state index contributed by atoms with van der Waals surface area (Å²) in [6.07, 6.45) is 33.0. The molecule has 1 aliphatic rings. The minimum atomic E-state index is -1.24. The predicted molar refractivity (Wildman–Crippen MR) is 204 cm³/mol. The van der Waals surface area contributed by atoms with Gasteiger partial charge in [0.25, 0.3) is 5.91 Å². The van der Waals surface area contributed by atoms with Crippen molar-refractivity contribution >= 4 is 45.4 Å². The Bertz CT molecular complexity index is 1160. The maximum atomic E-state index is 13.0. The van der Waals surface area contributed by atoms with Crippen LogP contribution in [-0.2, 0) is 28.7 Å². The number of rotatable bonds is 26. The van der Waals surface area contributed by atoms with E-state index < -0.39 is 35.3 Å². The van der Waals surface area contributed by atoms with Crippen molar-refractivity contribution in [3.05, 3.63) is 72.9 Å². The first-order valence-electron chi connectivity index (χ1n) is 17.5. The second-order valence-corrected chi connectivity index (χ2v) is 15.9. The van der Waals surface area contributed by atoms with Crippen molar-refractivity contribution in [3.8, 4) is 0 Å². The second kappa shape index (κ2) is 26.8. The highest BCUT2D eigenvalue weighted by Crippen LogP contribution is 2.49. The van der Waals surface area contributed by atoms with Gasteiger partial charge in [-0.2, -0.15) is 0 Å². The number of hydrogen-bond acceptors (Lipinski definition) is 8. The number of aliphatic carboxylic acids is 1. The number of amides is 1. The van der Waals surface area contributed by atoms with Gasteiger partial charge in [-0.1, -0.05) is 122 Å². The number of nitrogens with one attached hydrogen (secondary N) is 1. The molecule has 0 spiro atoms. The lowest BCUT2D eigenvalue weighted by molar-refractivity contribution is -0.168. The van der Waals surface area contributed by atoms with Crippen LogP contribution >= 0.6 is 21.6 Å². The van der Waals surface area contributed by atoms with Crippen LogP contribution in [0.2, 0.25) is 0 Å². The quantitative estimate of drug-likeness (QED) is 0.0391. The van der Waals surface area contributed by atoms with Crippen molar-refractivity contribution in [3.63, 3.8) is 0 Å². The van der Waals surface area contributed by atoms with E-state index in [1.807, 2.05) is 33.7 Å². The Kier molecular flexibility index (Phi) is 24.1. The molecule has 49 heavy (non-hydrogen) atoms. The van der Waals surface area contributed by atoms with Gasteiger partial charge in [0, 0.05) is 28.9 Å². The van der Waals surface area contributed by atoms with Crippen LogP contribution < -0.4 is 5.32 Å². The highest BCUT2D eigenvalue weighted by Gasteiger charge is 2.40. The van der Waals surface area contributed by atoms with E-state index in [4.69, 9.17) is 14.6 Å². The van der Waals surface area contributed by atoms with Gasteiger partial charge in [-0.3, -0.25) is 19.2 Å². The number of esters is 2. The predicted octanol–water partition coefficient (Wildman–Crippen LogP) is 9.25. The Hall–Kier alpha value is -2.98. The van der Waals surface area contributed by atoms with Crippen LogP contribution in [0.1, 0.15) is 111 Å². The summed E-state index contributed by atoms with van der Waals surface area (Å²) in [5, 5.41) is 11.5. The summed E-state index contributed by atoms with van der Waals surface area (Å²) >= 11 is 0. The molecule has 8 nitrogen and oxygen atoms in total. The van der Waals surface area contributed by atoms with Crippen molar-refractivity contribution in [2.24, 2.45) is 5.41 Å². The van der Waals surface area contributed by atoms with Crippen molar-refractivity contribution in [2.75, 3.05) is 18.9 Å². The third-order valence-corrected chi connectivity index (χ3v) is 11.0. The zero-order valence-electron chi connectivity index (χ0n) is 30.0. The average molecular weight is 718 g/mol. The fourth-order valence-corrected chi connectivity index (χ4v) is 7.96. The Balaban J connectivity index is 2.43. The van der Waals surface area contributed by atoms with Gasteiger partial charge in [-0.05, 0) is 64.7 Å². The van der Waals surface area contributed by atoms with E-state index in [1.54, 1.807) is 19.9 Å². The molecule has 1 rings (SSSR count). The fraction of sp³-hybridized carbons (Fsp3) is 0.590. The summed E-state index contributed by atoms with van der Waals surface area (Å²) in [4.78, 5) is 49.1. The van der Waals surface area contributed by atoms with Crippen molar-refractivity contribution < 1.29 is 33.8 Å². The van der Waals surface area contributed by atoms with Gasteiger partial charge in [0.05, 0.1) is 12.8 Å². The van der Waals surface area contributed by atoms with Crippen LogP contribution in [0.5, 0.6) is 0 Å². The summed E-state index contributed by atoms with van der Waals surface area (Å²) < 4.78 is 11.3. The molecule has 1 amide bonds. The second-order valence-electron chi connectivity index (χ2n) is 12.9. The molecule has 0 saturated carbocycles.